The highest BCUT2D eigenvalue weighted by atomic mass is 16.3. The van der Waals surface area contributed by atoms with E-state index in [-0.39, 0.29) is 18.6 Å². The van der Waals surface area contributed by atoms with Gasteiger partial charge in [0, 0.05) is 49.6 Å². The number of aromatic nitrogens is 1. The van der Waals surface area contributed by atoms with Crippen LogP contribution < -0.4 is 5.73 Å². The Hall–Kier alpha value is -2.44. The van der Waals surface area contributed by atoms with Crippen LogP contribution in [-0.2, 0) is 0 Å². The second-order valence-electron chi connectivity index (χ2n) is 6.41. The van der Waals surface area contributed by atoms with Gasteiger partial charge in [-0.15, -0.1) is 0 Å². The zero-order chi connectivity index (χ0) is 17.8. The van der Waals surface area contributed by atoms with Crippen LogP contribution >= 0.6 is 0 Å². The van der Waals surface area contributed by atoms with Crippen molar-refractivity contribution in [3.05, 3.63) is 48.2 Å². The van der Waals surface area contributed by atoms with Crippen molar-refractivity contribution in [2.75, 3.05) is 39.0 Å². The van der Waals surface area contributed by atoms with E-state index in [9.17, 15) is 9.90 Å². The molecule has 1 amide bonds. The summed E-state index contributed by atoms with van der Waals surface area (Å²) in [5.41, 5.74) is 8.39. The maximum atomic E-state index is 12.8. The number of hydrogen-bond acceptors (Lipinski definition) is 5. The summed E-state index contributed by atoms with van der Waals surface area (Å²) < 4.78 is 0. The minimum absolute atomic E-state index is 0.0294. The third kappa shape index (κ3) is 3.81. The molecule has 1 aliphatic rings. The van der Waals surface area contributed by atoms with E-state index < -0.39 is 0 Å². The molecule has 3 N–H and O–H groups in total. The SMILES string of the molecule is CN1CCN(C(=O)c2ccc(-c3cccnc3N)cc2)C[C@H]1CCO. The normalized spacial score (nSPS) is 18.3. The zero-order valence-electron chi connectivity index (χ0n) is 14.4. The first-order valence-corrected chi connectivity index (χ1v) is 8.51. The Morgan fingerprint density at radius 2 is 2.04 bits per heavy atom. The predicted octanol–water partition coefficient (Wildman–Crippen LogP) is 1.47. The summed E-state index contributed by atoms with van der Waals surface area (Å²) in [6, 6.07) is 11.4. The van der Waals surface area contributed by atoms with Crippen molar-refractivity contribution < 1.29 is 9.90 Å². The van der Waals surface area contributed by atoms with Gasteiger partial charge in [0.1, 0.15) is 5.82 Å². The molecule has 3 rings (SSSR count). The van der Waals surface area contributed by atoms with E-state index in [0.717, 1.165) is 17.7 Å². The van der Waals surface area contributed by atoms with Crippen LogP contribution in [0, 0.1) is 0 Å². The van der Waals surface area contributed by atoms with Crippen molar-refractivity contribution in [2.45, 2.75) is 12.5 Å². The number of aliphatic hydroxyl groups is 1. The minimum atomic E-state index is 0.0294. The van der Waals surface area contributed by atoms with Crippen LogP contribution in [0.25, 0.3) is 11.1 Å². The molecule has 0 aliphatic carbocycles. The highest BCUT2D eigenvalue weighted by molar-refractivity contribution is 5.95. The van der Waals surface area contributed by atoms with Crippen molar-refractivity contribution in [3.63, 3.8) is 0 Å². The number of likely N-dealkylation sites (N-methyl/N-ethyl adjacent to an activating group) is 1. The number of aliphatic hydroxyl groups excluding tert-OH is 1. The summed E-state index contributed by atoms with van der Waals surface area (Å²) >= 11 is 0. The summed E-state index contributed by atoms with van der Waals surface area (Å²) in [7, 11) is 2.04. The molecule has 0 bridgehead atoms. The average Bonchev–Trinajstić information content (AvgIpc) is 2.64. The molecule has 1 aliphatic heterocycles. The molecule has 6 heteroatoms. The highest BCUT2D eigenvalue weighted by Crippen LogP contribution is 2.24. The number of piperazine rings is 1. The van der Waals surface area contributed by atoms with Crippen molar-refractivity contribution in [2.24, 2.45) is 0 Å². The molecular weight excluding hydrogens is 316 g/mol. The fraction of sp³-hybridized carbons (Fsp3) is 0.368. The molecule has 1 atom stereocenters. The number of hydrogen-bond donors (Lipinski definition) is 2. The van der Waals surface area contributed by atoms with E-state index in [0.29, 0.717) is 30.9 Å². The van der Waals surface area contributed by atoms with Gasteiger partial charge in [-0.3, -0.25) is 9.69 Å². The number of nitrogens with two attached hydrogens (primary N) is 1. The summed E-state index contributed by atoms with van der Waals surface area (Å²) in [5.74, 6) is 0.509. The predicted molar refractivity (Wildman–Crippen MR) is 98.1 cm³/mol. The third-order valence-electron chi connectivity index (χ3n) is 4.81. The summed E-state index contributed by atoms with van der Waals surface area (Å²) in [4.78, 5) is 20.9. The van der Waals surface area contributed by atoms with Gasteiger partial charge in [0.15, 0.2) is 0 Å². The van der Waals surface area contributed by atoms with Crippen LogP contribution in [0.15, 0.2) is 42.6 Å². The summed E-state index contributed by atoms with van der Waals surface area (Å²) in [5, 5.41) is 9.19. The topological polar surface area (TPSA) is 82.7 Å². The molecule has 6 nitrogen and oxygen atoms in total. The smallest absolute Gasteiger partial charge is 0.253 e. The first-order chi connectivity index (χ1) is 12.1. The Morgan fingerprint density at radius 1 is 1.28 bits per heavy atom. The molecule has 132 valence electrons. The van der Waals surface area contributed by atoms with Gasteiger partial charge in [-0.2, -0.15) is 0 Å². The summed E-state index contributed by atoms with van der Waals surface area (Å²) in [6.07, 6.45) is 2.34. The maximum absolute atomic E-state index is 12.8. The molecule has 1 saturated heterocycles. The first-order valence-electron chi connectivity index (χ1n) is 8.51. The minimum Gasteiger partial charge on any atom is -0.396 e. The number of carbonyl (C=O) groups excluding carboxylic acids is 1. The molecule has 0 unspecified atom stereocenters. The highest BCUT2D eigenvalue weighted by Gasteiger charge is 2.27. The molecular formula is C19H24N4O2. The van der Waals surface area contributed by atoms with Gasteiger partial charge >= 0.3 is 0 Å². The fourth-order valence-electron chi connectivity index (χ4n) is 3.23. The standard InChI is InChI=1S/C19H24N4O2/c1-22-10-11-23(13-16(22)8-12-24)19(25)15-6-4-14(5-7-15)17-3-2-9-21-18(17)20/h2-7,9,16,24H,8,10-13H2,1H3,(H2,20,21)/t16-/m1/s1. The lowest BCUT2D eigenvalue weighted by atomic mass is 10.0. The van der Waals surface area contributed by atoms with Crippen molar-refractivity contribution in [3.8, 4) is 11.1 Å². The third-order valence-corrected chi connectivity index (χ3v) is 4.81. The van der Waals surface area contributed by atoms with Gasteiger partial charge in [0.05, 0.1) is 0 Å². The maximum Gasteiger partial charge on any atom is 0.253 e. The van der Waals surface area contributed by atoms with Gasteiger partial charge in [-0.25, -0.2) is 4.98 Å². The van der Waals surface area contributed by atoms with Gasteiger partial charge < -0.3 is 15.7 Å². The van der Waals surface area contributed by atoms with Crippen molar-refractivity contribution in [1.82, 2.24) is 14.8 Å². The monoisotopic (exact) mass is 340 g/mol. The van der Waals surface area contributed by atoms with Gasteiger partial charge in [-0.1, -0.05) is 12.1 Å². The quantitative estimate of drug-likeness (QED) is 0.881. The number of amides is 1. The zero-order valence-corrected chi connectivity index (χ0v) is 14.4. The molecule has 0 radical (unpaired) electrons. The van der Waals surface area contributed by atoms with Crippen LogP contribution in [0.4, 0.5) is 5.82 Å². The Balaban J connectivity index is 1.74. The fourth-order valence-corrected chi connectivity index (χ4v) is 3.23. The molecule has 1 aromatic carbocycles. The molecule has 0 spiro atoms. The van der Waals surface area contributed by atoms with E-state index in [1.165, 1.54) is 0 Å². The second-order valence-corrected chi connectivity index (χ2v) is 6.41. The number of rotatable bonds is 4. The Morgan fingerprint density at radius 3 is 2.72 bits per heavy atom. The van der Waals surface area contributed by atoms with Gasteiger partial charge in [0.25, 0.3) is 5.91 Å². The molecule has 0 saturated carbocycles. The lowest BCUT2D eigenvalue weighted by Gasteiger charge is -2.39. The van der Waals surface area contributed by atoms with Crippen LogP contribution in [0.5, 0.6) is 0 Å². The molecule has 2 heterocycles. The molecule has 2 aromatic rings. The van der Waals surface area contributed by atoms with Crippen LogP contribution in [0.1, 0.15) is 16.8 Å². The van der Waals surface area contributed by atoms with E-state index in [1.54, 1.807) is 6.20 Å². The van der Waals surface area contributed by atoms with E-state index in [4.69, 9.17) is 5.73 Å². The average molecular weight is 340 g/mol. The number of anilines is 1. The lowest BCUT2D eigenvalue weighted by molar-refractivity contribution is 0.0500. The van der Waals surface area contributed by atoms with E-state index >= 15 is 0 Å². The van der Waals surface area contributed by atoms with E-state index in [2.05, 4.69) is 9.88 Å². The first kappa shape index (κ1) is 17.4. The number of nitrogen functional groups attached to an aromatic ring is 1. The van der Waals surface area contributed by atoms with Crippen molar-refractivity contribution >= 4 is 11.7 Å². The molecule has 25 heavy (non-hydrogen) atoms. The lowest BCUT2D eigenvalue weighted by Crippen LogP contribution is -2.53. The van der Waals surface area contributed by atoms with Crippen LogP contribution in [-0.4, -0.2) is 65.1 Å². The number of carbonyl (C=O) groups is 1. The van der Waals surface area contributed by atoms with E-state index in [1.807, 2.05) is 48.3 Å². The van der Waals surface area contributed by atoms with Gasteiger partial charge in [0.2, 0.25) is 0 Å². The Bertz CT molecular complexity index is 732. The summed E-state index contributed by atoms with van der Waals surface area (Å²) in [6.45, 7) is 2.31. The number of benzene rings is 1. The van der Waals surface area contributed by atoms with Gasteiger partial charge in [-0.05, 0) is 43.3 Å². The Kier molecular flexibility index (Phi) is 5.31. The number of pyridine rings is 1. The van der Waals surface area contributed by atoms with Crippen LogP contribution in [0.2, 0.25) is 0 Å². The number of nitrogens with zero attached hydrogens (tertiary/aromatic N) is 3. The van der Waals surface area contributed by atoms with Crippen LogP contribution in [0.3, 0.4) is 0 Å². The Labute approximate surface area is 147 Å². The second kappa shape index (κ2) is 7.63. The molecule has 1 fully saturated rings. The molecule has 1 aromatic heterocycles. The largest absolute Gasteiger partial charge is 0.396 e. The van der Waals surface area contributed by atoms with Crippen molar-refractivity contribution in [1.29, 1.82) is 0 Å².